The topological polar surface area (TPSA) is 59.3 Å². The summed E-state index contributed by atoms with van der Waals surface area (Å²) in [5.41, 5.74) is 1.79. The van der Waals surface area contributed by atoms with E-state index in [-0.39, 0.29) is 23.9 Å². The lowest BCUT2D eigenvalue weighted by Gasteiger charge is -2.05. The summed E-state index contributed by atoms with van der Waals surface area (Å²) in [6.45, 7) is 0. The lowest BCUT2D eigenvalue weighted by molar-refractivity contribution is -0.115. The highest BCUT2D eigenvalue weighted by Gasteiger charge is 2.23. The Morgan fingerprint density at radius 2 is 2.22 bits per heavy atom. The van der Waals surface area contributed by atoms with Crippen molar-refractivity contribution in [3.8, 4) is 0 Å². The second-order valence-corrected chi connectivity index (χ2v) is 4.43. The Balaban J connectivity index is 2.06. The number of hydrogen-bond donors (Lipinski definition) is 1. The highest BCUT2D eigenvalue weighted by Crippen LogP contribution is 2.31. The molecular formula is C13H8ClNO3. The van der Waals surface area contributed by atoms with E-state index in [1.807, 2.05) is 0 Å². The van der Waals surface area contributed by atoms with Crippen LogP contribution in [0, 0.1) is 0 Å². The van der Waals surface area contributed by atoms with Gasteiger partial charge in [-0.1, -0.05) is 11.6 Å². The number of fused-ring (bicyclic) bond motifs is 1. The first-order valence-electron chi connectivity index (χ1n) is 5.35. The molecule has 3 rings (SSSR count). The number of carbonyl (C=O) groups is 2. The van der Waals surface area contributed by atoms with Crippen LogP contribution in [0.2, 0.25) is 5.02 Å². The van der Waals surface area contributed by atoms with E-state index >= 15 is 0 Å². The molecule has 0 aliphatic carbocycles. The zero-order valence-corrected chi connectivity index (χ0v) is 9.95. The Hall–Kier alpha value is -2.07. The van der Waals surface area contributed by atoms with Crippen molar-refractivity contribution in [3.63, 3.8) is 0 Å². The predicted octanol–water partition coefficient (Wildman–Crippen LogP) is 2.66. The number of benzene rings is 1. The number of anilines is 1. The minimum Gasteiger partial charge on any atom is -0.461 e. The van der Waals surface area contributed by atoms with Crippen molar-refractivity contribution < 1.29 is 14.0 Å². The third-order valence-electron chi connectivity index (χ3n) is 2.81. The number of carbonyl (C=O) groups excluding carboxylic acids is 2. The SMILES string of the molecule is O=C1Cc2cc(C(=O)c3ccco3)c(Cl)cc2N1. The molecule has 90 valence electrons. The van der Waals surface area contributed by atoms with E-state index in [1.54, 1.807) is 24.3 Å². The van der Waals surface area contributed by atoms with Gasteiger partial charge in [-0.3, -0.25) is 9.59 Å². The number of furan rings is 1. The zero-order valence-electron chi connectivity index (χ0n) is 9.20. The minimum absolute atomic E-state index is 0.0938. The van der Waals surface area contributed by atoms with Gasteiger partial charge in [0.25, 0.3) is 0 Å². The number of halogens is 1. The van der Waals surface area contributed by atoms with E-state index in [2.05, 4.69) is 5.32 Å². The number of amides is 1. The van der Waals surface area contributed by atoms with E-state index in [4.69, 9.17) is 16.0 Å². The maximum absolute atomic E-state index is 12.1. The number of ketones is 1. The Morgan fingerprint density at radius 1 is 1.39 bits per heavy atom. The molecule has 1 aliphatic heterocycles. The van der Waals surface area contributed by atoms with Crippen LogP contribution in [0.5, 0.6) is 0 Å². The van der Waals surface area contributed by atoms with Crippen LogP contribution in [-0.4, -0.2) is 11.7 Å². The molecular weight excluding hydrogens is 254 g/mol. The van der Waals surface area contributed by atoms with Crippen molar-refractivity contribution in [2.75, 3.05) is 5.32 Å². The summed E-state index contributed by atoms with van der Waals surface area (Å²) in [5.74, 6) is -0.148. The van der Waals surface area contributed by atoms with E-state index in [9.17, 15) is 9.59 Å². The standard InChI is InChI=1S/C13H8ClNO3/c14-9-6-10-7(5-12(16)15-10)4-8(9)13(17)11-2-1-3-18-11/h1-4,6H,5H2,(H,15,16). The fourth-order valence-electron chi connectivity index (χ4n) is 1.96. The van der Waals surface area contributed by atoms with Gasteiger partial charge in [0.1, 0.15) is 0 Å². The zero-order chi connectivity index (χ0) is 12.7. The predicted molar refractivity (Wildman–Crippen MR) is 65.9 cm³/mol. The molecule has 0 spiro atoms. The van der Waals surface area contributed by atoms with E-state index < -0.39 is 0 Å². The Labute approximate surface area is 108 Å². The van der Waals surface area contributed by atoms with Gasteiger partial charge < -0.3 is 9.73 Å². The van der Waals surface area contributed by atoms with Crippen LogP contribution >= 0.6 is 11.6 Å². The van der Waals surface area contributed by atoms with Crippen LogP contribution in [0.15, 0.2) is 34.9 Å². The molecule has 0 atom stereocenters. The summed E-state index contributed by atoms with van der Waals surface area (Å²) in [6, 6.07) is 6.45. The number of nitrogens with one attached hydrogen (secondary N) is 1. The van der Waals surface area contributed by atoms with Crippen molar-refractivity contribution in [1.29, 1.82) is 0 Å². The van der Waals surface area contributed by atoms with Gasteiger partial charge >= 0.3 is 0 Å². The summed E-state index contributed by atoms with van der Waals surface area (Å²) in [4.78, 5) is 23.4. The maximum atomic E-state index is 12.1. The molecule has 0 unspecified atom stereocenters. The molecule has 5 heteroatoms. The van der Waals surface area contributed by atoms with Crippen LogP contribution < -0.4 is 5.32 Å². The average molecular weight is 262 g/mol. The monoisotopic (exact) mass is 261 g/mol. The Bertz CT molecular complexity index is 647. The quantitative estimate of drug-likeness (QED) is 0.846. The van der Waals surface area contributed by atoms with E-state index in [1.165, 1.54) is 6.26 Å². The lowest BCUT2D eigenvalue weighted by Crippen LogP contribution is -2.03. The molecule has 2 aromatic rings. The Morgan fingerprint density at radius 3 is 2.94 bits per heavy atom. The minimum atomic E-state index is -0.285. The molecule has 1 aliphatic rings. The van der Waals surface area contributed by atoms with Gasteiger partial charge in [-0.25, -0.2) is 0 Å². The molecule has 1 amide bonds. The van der Waals surface area contributed by atoms with Crippen LogP contribution in [-0.2, 0) is 11.2 Å². The average Bonchev–Trinajstić information content (AvgIpc) is 2.94. The second-order valence-electron chi connectivity index (χ2n) is 4.02. The first-order chi connectivity index (χ1) is 8.65. The van der Waals surface area contributed by atoms with Gasteiger partial charge in [0, 0.05) is 11.3 Å². The molecule has 0 fully saturated rings. The highest BCUT2D eigenvalue weighted by molar-refractivity contribution is 6.35. The summed E-state index contributed by atoms with van der Waals surface area (Å²) in [5, 5.41) is 2.98. The van der Waals surface area contributed by atoms with Gasteiger partial charge in [0.2, 0.25) is 11.7 Å². The van der Waals surface area contributed by atoms with Gasteiger partial charge in [-0.05, 0) is 29.8 Å². The van der Waals surface area contributed by atoms with Gasteiger partial charge in [-0.2, -0.15) is 0 Å². The van der Waals surface area contributed by atoms with Gasteiger partial charge in [0.15, 0.2) is 5.76 Å². The van der Waals surface area contributed by atoms with E-state index in [0.29, 0.717) is 16.3 Å². The molecule has 1 aromatic carbocycles. The summed E-state index contributed by atoms with van der Waals surface area (Å²) in [6.07, 6.45) is 1.70. The van der Waals surface area contributed by atoms with Crippen molar-refractivity contribution in [2.45, 2.75) is 6.42 Å². The van der Waals surface area contributed by atoms with Crippen LogP contribution in [0.25, 0.3) is 0 Å². The molecule has 0 radical (unpaired) electrons. The third-order valence-corrected chi connectivity index (χ3v) is 3.12. The highest BCUT2D eigenvalue weighted by atomic mass is 35.5. The largest absolute Gasteiger partial charge is 0.461 e. The summed E-state index contributed by atoms with van der Waals surface area (Å²) in [7, 11) is 0. The first kappa shape index (κ1) is 11.0. The van der Waals surface area contributed by atoms with Crippen LogP contribution in [0.1, 0.15) is 21.7 Å². The second kappa shape index (κ2) is 3.99. The molecule has 0 saturated heterocycles. The van der Waals surface area contributed by atoms with E-state index in [0.717, 1.165) is 5.56 Å². The summed E-state index contributed by atoms with van der Waals surface area (Å²) < 4.78 is 5.05. The van der Waals surface area contributed by atoms with Crippen molar-refractivity contribution in [2.24, 2.45) is 0 Å². The molecule has 0 saturated carbocycles. The first-order valence-corrected chi connectivity index (χ1v) is 5.73. The molecule has 4 nitrogen and oxygen atoms in total. The molecule has 2 heterocycles. The molecule has 18 heavy (non-hydrogen) atoms. The maximum Gasteiger partial charge on any atom is 0.229 e. The van der Waals surface area contributed by atoms with Crippen LogP contribution in [0.3, 0.4) is 0 Å². The fourth-order valence-corrected chi connectivity index (χ4v) is 2.21. The lowest BCUT2D eigenvalue weighted by atomic mass is 10.0. The van der Waals surface area contributed by atoms with Crippen molar-refractivity contribution in [3.05, 3.63) is 52.4 Å². The Kier molecular flexibility index (Phi) is 2.45. The van der Waals surface area contributed by atoms with Crippen molar-refractivity contribution in [1.82, 2.24) is 0 Å². The normalized spacial score (nSPS) is 13.3. The molecule has 0 bridgehead atoms. The fraction of sp³-hybridized carbons (Fsp3) is 0.0769. The smallest absolute Gasteiger partial charge is 0.229 e. The molecule has 1 aromatic heterocycles. The molecule has 1 N–H and O–H groups in total. The van der Waals surface area contributed by atoms with Crippen LogP contribution in [0.4, 0.5) is 5.69 Å². The number of hydrogen-bond acceptors (Lipinski definition) is 3. The number of rotatable bonds is 2. The summed E-state index contributed by atoms with van der Waals surface area (Å²) >= 11 is 6.05. The van der Waals surface area contributed by atoms with Crippen molar-refractivity contribution >= 4 is 29.0 Å². The third kappa shape index (κ3) is 1.71. The van der Waals surface area contributed by atoms with Gasteiger partial charge in [0.05, 0.1) is 17.7 Å². The van der Waals surface area contributed by atoms with Gasteiger partial charge in [-0.15, -0.1) is 0 Å².